The van der Waals surface area contributed by atoms with Crippen molar-refractivity contribution in [2.45, 2.75) is 24.3 Å². The average Bonchev–Trinajstić information content (AvgIpc) is 2.43. The second-order valence-corrected chi connectivity index (χ2v) is 7.55. The van der Waals surface area contributed by atoms with Gasteiger partial charge < -0.3 is 5.11 Å². The summed E-state index contributed by atoms with van der Waals surface area (Å²) in [5.41, 5.74) is -0.430. The number of carbonyl (C=O) groups is 1. The molecule has 1 rings (SSSR count). The van der Waals surface area contributed by atoms with E-state index in [1.165, 1.54) is 7.05 Å². The van der Waals surface area contributed by atoms with Gasteiger partial charge in [0.2, 0.25) is 10.0 Å². The summed E-state index contributed by atoms with van der Waals surface area (Å²) in [5, 5.41) is 9.07. The summed E-state index contributed by atoms with van der Waals surface area (Å²) in [6, 6.07) is 2.33. The van der Waals surface area contributed by atoms with Gasteiger partial charge in [-0.05, 0) is 43.6 Å². The number of halogens is 1. The molecule has 21 heavy (non-hydrogen) atoms. The maximum absolute atomic E-state index is 13.3. The molecule has 0 fully saturated rings. The lowest BCUT2D eigenvalue weighted by Crippen LogP contribution is -2.36. The number of hydrogen-bond donors (Lipinski definition) is 1. The van der Waals surface area contributed by atoms with Crippen LogP contribution in [-0.4, -0.2) is 48.9 Å². The molecule has 0 amide bonds. The molecule has 1 atom stereocenters. The number of aromatic carboxylic acids is 1. The second-order valence-electron chi connectivity index (χ2n) is 4.60. The van der Waals surface area contributed by atoms with E-state index in [-0.39, 0.29) is 6.04 Å². The fourth-order valence-corrected chi connectivity index (χ4v) is 3.91. The van der Waals surface area contributed by atoms with Crippen molar-refractivity contribution in [3.8, 4) is 0 Å². The molecular weight excluding hydrogens is 317 g/mol. The summed E-state index contributed by atoms with van der Waals surface area (Å²) in [7, 11) is -2.69. The molecule has 0 aliphatic rings. The summed E-state index contributed by atoms with van der Waals surface area (Å²) in [4.78, 5) is 10.6. The number of rotatable bonds is 7. The van der Waals surface area contributed by atoms with E-state index in [0.717, 1.165) is 28.3 Å². The minimum absolute atomic E-state index is 0.313. The van der Waals surface area contributed by atoms with Crippen LogP contribution >= 0.6 is 11.8 Å². The fourth-order valence-electron chi connectivity index (χ4n) is 1.75. The fraction of sp³-hybridized carbons (Fsp3) is 0.462. The lowest BCUT2D eigenvalue weighted by atomic mass is 10.2. The highest BCUT2D eigenvalue weighted by atomic mass is 32.2. The first-order valence-corrected chi connectivity index (χ1v) is 9.05. The van der Waals surface area contributed by atoms with Crippen molar-refractivity contribution in [1.29, 1.82) is 0 Å². The second kappa shape index (κ2) is 7.24. The Morgan fingerprint density at radius 1 is 1.48 bits per heavy atom. The number of sulfonamides is 1. The molecule has 0 saturated carbocycles. The van der Waals surface area contributed by atoms with E-state index in [9.17, 15) is 17.6 Å². The molecule has 8 heteroatoms. The standard InChI is InChI=1S/C13H18FNO4S2/c1-9(6-7-20-3)15(2)21(18,19)12-8-10(14)4-5-11(12)13(16)17/h4-5,8-9H,6-7H2,1-3H3,(H,16,17). The molecule has 0 radical (unpaired) electrons. The highest BCUT2D eigenvalue weighted by Gasteiger charge is 2.29. The van der Waals surface area contributed by atoms with Crippen LogP contribution in [-0.2, 0) is 10.0 Å². The van der Waals surface area contributed by atoms with Crippen molar-refractivity contribution in [2.24, 2.45) is 0 Å². The minimum Gasteiger partial charge on any atom is -0.478 e. The summed E-state index contributed by atoms with van der Waals surface area (Å²) >= 11 is 1.59. The first-order valence-electron chi connectivity index (χ1n) is 6.21. The summed E-state index contributed by atoms with van der Waals surface area (Å²) < 4.78 is 39.4. The van der Waals surface area contributed by atoms with Crippen LogP contribution in [0.5, 0.6) is 0 Å². The molecule has 5 nitrogen and oxygen atoms in total. The predicted octanol–water partition coefficient (Wildman–Crippen LogP) is 2.29. The van der Waals surface area contributed by atoms with Gasteiger partial charge in [0.15, 0.2) is 0 Å². The Labute approximate surface area is 128 Å². The van der Waals surface area contributed by atoms with Crippen LogP contribution in [0.15, 0.2) is 23.1 Å². The largest absolute Gasteiger partial charge is 0.478 e. The van der Waals surface area contributed by atoms with Crippen LogP contribution in [0.1, 0.15) is 23.7 Å². The van der Waals surface area contributed by atoms with Crippen LogP contribution in [0.4, 0.5) is 4.39 Å². The molecule has 1 aromatic carbocycles. The lowest BCUT2D eigenvalue weighted by molar-refractivity contribution is 0.0692. The smallest absolute Gasteiger partial charge is 0.337 e. The van der Waals surface area contributed by atoms with Gasteiger partial charge in [-0.2, -0.15) is 16.1 Å². The Morgan fingerprint density at radius 3 is 2.62 bits per heavy atom. The molecule has 1 N–H and O–H groups in total. The van der Waals surface area contributed by atoms with E-state index in [2.05, 4.69) is 0 Å². The van der Waals surface area contributed by atoms with Crippen LogP contribution in [0.25, 0.3) is 0 Å². The highest BCUT2D eigenvalue weighted by Crippen LogP contribution is 2.23. The SMILES string of the molecule is CSCCC(C)N(C)S(=O)(=O)c1cc(F)ccc1C(=O)O. The maximum Gasteiger partial charge on any atom is 0.337 e. The summed E-state index contributed by atoms with van der Waals surface area (Å²) in [5.74, 6) is -1.42. The van der Waals surface area contributed by atoms with E-state index >= 15 is 0 Å². The topological polar surface area (TPSA) is 74.7 Å². The van der Waals surface area contributed by atoms with Crippen molar-refractivity contribution in [2.75, 3.05) is 19.1 Å². The van der Waals surface area contributed by atoms with Crippen LogP contribution in [0, 0.1) is 5.82 Å². The first kappa shape index (κ1) is 17.9. The van der Waals surface area contributed by atoms with E-state index in [1.54, 1.807) is 18.7 Å². The predicted molar refractivity (Wildman–Crippen MR) is 80.8 cm³/mol. The van der Waals surface area contributed by atoms with Gasteiger partial charge >= 0.3 is 5.97 Å². The Morgan fingerprint density at radius 2 is 2.10 bits per heavy atom. The van der Waals surface area contributed by atoms with Crippen molar-refractivity contribution in [3.63, 3.8) is 0 Å². The quantitative estimate of drug-likeness (QED) is 0.827. The first-order chi connectivity index (χ1) is 9.71. The molecular formula is C13H18FNO4S2. The van der Waals surface area contributed by atoms with Gasteiger partial charge in [0, 0.05) is 13.1 Å². The molecule has 0 heterocycles. The van der Waals surface area contributed by atoms with Crippen LogP contribution in [0.3, 0.4) is 0 Å². The van der Waals surface area contributed by atoms with E-state index in [1.807, 2.05) is 6.26 Å². The zero-order valence-corrected chi connectivity index (χ0v) is 13.7. The van der Waals surface area contributed by atoms with Crippen molar-refractivity contribution < 1.29 is 22.7 Å². The van der Waals surface area contributed by atoms with E-state index in [0.29, 0.717) is 6.42 Å². The third kappa shape index (κ3) is 4.18. The Bertz CT molecular complexity index is 619. The van der Waals surface area contributed by atoms with Gasteiger partial charge in [-0.1, -0.05) is 0 Å². The van der Waals surface area contributed by atoms with Gasteiger partial charge in [0.25, 0.3) is 0 Å². The molecule has 0 aliphatic carbocycles. The molecule has 0 aliphatic heterocycles. The zero-order valence-electron chi connectivity index (χ0n) is 12.0. The van der Waals surface area contributed by atoms with Gasteiger partial charge in [-0.25, -0.2) is 17.6 Å². The third-order valence-electron chi connectivity index (χ3n) is 3.19. The molecule has 0 bridgehead atoms. The van der Waals surface area contributed by atoms with Gasteiger partial charge in [-0.15, -0.1) is 0 Å². The Balaban J connectivity index is 3.24. The number of carboxylic acids is 1. The molecule has 0 saturated heterocycles. The zero-order chi connectivity index (χ0) is 16.2. The normalized spacial score (nSPS) is 13.4. The van der Waals surface area contributed by atoms with Crippen molar-refractivity contribution in [3.05, 3.63) is 29.6 Å². The molecule has 1 aromatic rings. The van der Waals surface area contributed by atoms with Crippen molar-refractivity contribution >= 4 is 27.8 Å². The third-order valence-corrected chi connectivity index (χ3v) is 5.85. The van der Waals surface area contributed by atoms with Crippen LogP contribution in [0.2, 0.25) is 0 Å². The Kier molecular flexibility index (Phi) is 6.18. The number of nitrogens with zero attached hydrogens (tertiary/aromatic N) is 1. The van der Waals surface area contributed by atoms with Crippen molar-refractivity contribution in [1.82, 2.24) is 4.31 Å². The molecule has 1 unspecified atom stereocenters. The lowest BCUT2D eigenvalue weighted by Gasteiger charge is -2.24. The average molecular weight is 335 g/mol. The number of hydrogen-bond acceptors (Lipinski definition) is 4. The molecule has 118 valence electrons. The van der Waals surface area contributed by atoms with Gasteiger partial charge in [0.05, 0.1) is 10.5 Å². The van der Waals surface area contributed by atoms with E-state index < -0.39 is 32.3 Å². The molecule has 0 spiro atoms. The minimum atomic E-state index is -4.06. The maximum atomic E-state index is 13.3. The summed E-state index contributed by atoms with van der Waals surface area (Å²) in [6.07, 6.45) is 2.53. The number of thioether (sulfide) groups is 1. The highest BCUT2D eigenvalue weighted by molar-refractivity contribution is 7.98. The Hall–Kier alpha value is -1.12. The number of carboxylic acid groups (broad SMARTS) is 1. The van der Waals surface area contributed by atoms with Gasteiger partial charge in [-0.3, -0.25) is 0 Å². The summed E-state index contributed by atoms with van der Waals surface area (Å²) in [6.45, 7) is 1.73. The van der Waals surface area contributed by atoms with E-state index in [4.69, 9.17) is 5.11 Å². The molecule has 0 aromatic heterocycles. The monoisotopic (exact) mass is 335 g/mol. The number of benzene rings is 1. The van der Waals surface area contributed by atoms with Crippen LogP contribution < -0.4 is 0 Å². The van der Waals surface area contributed by atoms with Gasteiger partial charge in [0.1, 0.15) is 5.82 Å².